The summed E-state index contributed by atoms with van der Waals surface area (Å²) in [5.41, 5.74) is -0.548. The number of nitrogens with one attached hydrogen (secondary N) is 1. The minimum Gasteiger partial charge on any atom is -0.490 e. The Labute approximate surface area is 148 Å². The number of ether oxygens (including phenoxy) is 1. The minimum atomic E-state index is -0.705. The summed E-state index contributed by atoms with van der Waals surface area (Å²) in [6.45, 7) is 0.281. The molecular formula is C16H13ClN4O4. The number of nitriles is 1. The smallest absolute Gasteiger partial charge is 0.283 e. The van der Waals surface area contributed by atoms with Gasteiger partial charge in [-0.1, -0.05) is 11.6 Å². The molecular weight excluding hydrogens is 348 g/mol. The van der Waals surface area contributed by atoms with Crippen LogP contribution in [0.4, 0.5) is 11.5 Å². The number of nitrogens with zero attached hydrogens (tertiary/aromatic N) is 3. The molecule has 1 N–H and O–H groups in total. The number of halogens is 1. The standard InChI is InChI=1S/C16H13ClN4O4/c17-11-5-6-12(13(10-11)21(23)24)16(22)20-15-14(4-3-8-19-15)25-9-2-1-7-18/h3-6,8,10H,1-2,9H2,(H,19,20,22). The van der Waals surface area contributed by atoms with Gasteiger partial charge in [-0.25, -0.2) is 4.98 Å². The fourth-order valence-electron chi connectivity index (χ4n) is 1.96. The van der Waals surface area contributed by atoms with Crippen molar-refractivity contribution < 1.29 is 14.5 Å². The number of benzene rings is 1. The average Bonchev–Trinajstić information content (AvgIpc) is 2.59. The van der Waals surface area contributed by atoms with E-state index in [-0.39, 0.29) is 23.0 Å². The molecule has 1 aromatic heterocycles. The number of unbranched alkanes of at least 4 members (excludes halogenated alkanes) is 1. The predicted octanol–water partition coefficient (Wildman–Crippen LogP) is 3.58. The first-order valence-corrected chi connectivity index (χ1v) is 7.60. The highest BCUT2D eigenvalue weighted by Gasteiger charge is 2.22. The molecule has 0 saturated carbocycles. The van der Waals surface area contributed by atoms with Gasteiger partial charge >= 0.3 is 0 Å². The number of carbonyl (C=O) groups excluding carboxylic acids is 1. The lowest BCUT2D eigenvalue weighted by atomic mass is 10.1. The maximum Gasteiger partial charge on any atom is 0.283 e. The molecule has 1 heterocycles. The number of pyridine rings is 1. The van der Waals surface area contributed by atoms with Crippen molar-refractivity contribution in [2.75, 3.05) is 11.9 Å². The maximum absolute atomic E-state index is 12.4. The molecule has 9 heteroatoms. The molecule has 2 rings (SSSR count). The molecule has 0 aliphatic heterocycles. The molecule has 128 valence electrons. The van der Waals surface area contributed by atoms with Crippen LogP contribution in [-0.4, -0.2) is 22.4 Å². The van der Waals surface area contributed by atoms with E-state index >= 15 is 0 Å². The maximum atomic E-state index is 12.4. The first-order chi connectivity index (χ1) is 12.0. The van der Waals surface area contributed by atoms with E-state index in [4.69, 9.17) is 21.6 Å². The van der Waals surface area contributed by atoms with E-state index in [9.17, 15) is 14.9 Å². The van der Waals surface area contributed by atoms with Crippen molar-refractivity contribution in [2.45, 2.75) is 12.8 Å². The van der Waals surface area contributed by atoms with E-state index < -0.39 is 16.5 Å². The average molecular weight is 361 g/mol. The molecule has 0 aliphatic rings. The van der Waals surface area contributed by atoms with Crippen LogP contribution in [0.15, 0.2) is 36.5 Å². The van der Waals surface area contributed by atoms with Crippen LogP contribution in [0.1, 0.15) is 23.2 Å². The van der Waals surface area contributed by atoms with Gasteiger partial charge in [0.1, 0.15) is 5.56 Å². The van der Waals surface area contributed by atoms with Gasteiger partial charge in [0.2, 0.25) is 0 Å². The topological polar surface area (TPSA) is 118 Å². The Morgan fingerprint density at radius 2 is 2.24 bits per heavy atom. The molecule has 0 atom stereocenters. The van der Waals surface area contributed by atoms with E-state index in [1.807, 2.05) is 6.07 Å². The van der Waals surface area contributed by atoms with Crippen molar-refractivity contribution >= 4 is 29.0 Å². The zero-order valence-corrected chi connectivity index (χ0v) is 13.7. The van der Waals surface area contributed by atoms with E-state index in [1.165, 1.54) is 18.3 Å². The quantitative estimate of drug-likeness (QED) is 0.458. The highest BCUT2D eigenvalue weighted by molar-refractivity contribution is 6.31. The molecule has 0 fully saturated rings. The number of anilines is 1. The zero-order valence-electron chi connectivity index (χ0n) is 12.9. The van der Waals surface area contributed by atoms with E-state index in [2.05, 4.69) is 10.3 Å². The van der Waals surface area contributed by atoms with Gasteiger partial charge in [0.15, 0.2) is 11.6 Å². The first kappa shape index (κ1) is 18.2. The molecule has 0 spiro atoms. The lowest BCUT2D eigenvalue weighted by molar-refractivity contribution is -0.385. The Morgan fingerprint density at radius 1 is 1.44 bits per heavy atom. The number of carbonyl (C=O) groups is 1. The Balaban J connectivity index is 2.19. The largest absolute Gasteiger partial charge is 0.490 e. The van der Waals surface area contributed by atoms with Crippen molar-refractivity contribution in [3.05, 3.63) is 57.2 Å². The third kappa shape index (κ3) is 4.89. The van der Waals surface area contributed by atoms with Crippen molar-refractivity contribution in [2.24, 2.45) is 0 Å². The summed E-state index contributed by atoms with van der Waals surface area (Å²) in [5, 5.41) is 22.3. The summed E-state index contributed by atoms with van der Waals surface area (Å²) < 4.78 is 5.49. The summed E-state index contributed by atoms with van der Waals surface area (Å²) in [6, 6.07) is 9.00. The van der Waals surface area contributed by atoms with Gasteiger partial charge in [0.05, 0.1) is 17.6 Å². The minimum absolute atomic E-state index is 0.133. The number of hydrogen-bond donors (Lipinski definition) is 1. The molecule has 0 saturated heterocycles. The number of nitro groups is 1. The van der Waals surface area contributed by atoms with Crippen LogP contribution in [0.2, 0.25) is 5.02 Å². The third-order valence-corrected chi connectivity index (χ3v) is 3.33. The molecule has 8 nitrogen and oxygen atoms in total. The summed E-state index contributed by atoms with van der Waals surface area (Å²) in [6.07, 6.45) is 2.33. The van der Waals surface area contributed by atoms with Gasteiger partial charge in [0, 0.05) is 23.7 Å². The van der Waals surface area contributed by atoms with Gasteiger partial charge in [-0.2, -0.15) is 5.26 Å². The monoisotopic (exact) mass is 360 g/mol. The van der Waals surface area contributed by atoms with Gasteiger partial charge in [-0.15, -0.1) is 0 Å². The Morgan fingerprint density at radius 3 is 2.96 bits per heavy atom. The zero-order chi connectivity index (χ0) is 18.2. The van der Waals surface area contributed by atoms with Crippen molar-refractivity contribution in [3.8, 4) is 11.8 Å². The molecule has 1 amide bonds. The van der Waals surface area contributed by atoms with Crippen LogP contribution >= 0.6 is 11.6 Å². The lowest BCUT2D eigenvalue weighted by Gasteiger charge is -2.11. The summed E-state index contributed by atoms with van der Waals surface area (Å²) >= 11 is 5.74. The fourth-order valence-corrected chi connectivity index (χ4v) is 2.12. The van der Waals surface area contributed by atoms with Crippen LogP contribution in [0.3, 0.4) is 0 Å². The van der Waals surface area contributed by atoms with E-state index in [0.717, 1.165) is 6.07 Å². The van der Waals surface area contributed by atoms with Gasteiger partial charge < -0.3 is 10.1 Å². The highest BCUT2D eigenvalue weighted by atomic mass is 35.5. The highest BCUT2D eigenvalue weighted by Crippen LogP contribution is 2.26. The number of aromatic nitrogens is 1. The normalized spacial score (nSPS) is 9.92. The summed E-state index contributed by atoms with van der Waals surface area (Å²) in [7, 11) is 0. The summed E-state index contributed by atoms with van der Waals surface area (Å²) in [4.78, 5) is 26.8. The SMILES string of the molecule is N#CCCCOc1cccnc1NC(=O)c1ccc(Cl)cc1[N+](=O)[O-]. The van der Waals surface area contributed by atoms with Crippen LogP contribution < -0.4 is 10.1 Å². The number of amides is 1. The van der Waals surface area contributed by atoms with Gasteiger partial charge in [-0.05, 0) is 30.7 Å². The second kappa shape index (κ2) is 8.61. The Bertz CT molecular complexity index is 835. The molecule has 1 aromatic carbocycles. The van der Waals surface area contributed by atoms with Crippen molar-refractivity contribution in [3.63, 3.8) is 0 Å². The number of rotatable bonds is 7. The van der Waals surface area contributed by atoms with E-state index in [0.29, 0.717) is 18.6 Å². The number of hydrogen-bond acceptors (Lipinski definition) is 6. The molecule has 0 radical (unpaired) electrons. The van der Waals surface area contributed by atoms with Crippen LogP contribution in [0.25, 0.3) is 0 Å². The second-order valence-corrected chi connectivity index (χ2v) is 5.27. The van der Waals surface area contributed by atoms with Crippen LogP contribution in [-0.2, 0) is 0 Å². The molecule has 2 aromatic rings. The second-order valence-electron chi connectivity index (χ2n) is 4.83. The third-order valence-electron chi connectivity index (χ3n) is 3.09. The Kier molecular flexibility index (Phi) is 6.26. The Hall–Kier alpha value is -3.18. The first-order valence-electron chi connectivity index (χ1n) is 7.23. The number of nitro benzene ring substituents is 1. The fraction of sp³-hybridized carbons (Fsp3) is 0.188. The van der Waals surface area contributed by atoms with Crippen LogP contribution in [0.5, 0.6) is 5.75 Å². The summed E-state index contributed by atoms with van der Waals surface area (Å²) in [5.74, 6) is -0.261. The van der Waals surface area contributed by atoms with Gasteiger partial charge in [-0.3, -0.25) is 14.9 Å². The lowest BCUT2D eigenvalue weighted by Crippen LogP contribution is -2.16. The predicted molar refractivity (Wildman–Crippen MR) is 90.6 cm³/mol. The van der Waals surface area contributed by atoms with Crippen molar-refractivity contribution in [1.82, 2.24) is 4.98 Å². The van der Waals surface area contributed by atoms with Gasteiger partial charge in [0.25, 0.3) is 11.6 Å². The van der Waals surface area contributed by atoms with E-state index in [1.54, 1.807) is 12.1 Å². The molecule has 0 aliphatic carbocycles. The van der Waals surface area contributed by atoms with Crippen LogP contribution in [0, 0.1) is 21.4 Å². The van der Waals surface area contributed by atoms with Crippen molar-refractivity contribution in [1.29, 1.82) is 5.26 Å². The molecule has 0 unspecified atom stereocenters. The molecule has 0 bridgehead atoms. The molecule has 25 heavy (non-hydrogen) atoms.